The molecule has 0 aliphatic heterocycles. The van der Waals surface area contributed by atoms with Gasteiger partial charge in [0.25, 0.3) is 0 Å². The number of aliphatic carboxylic acids is 1. The quantitative estimate of drug-likeness (QED) is 0.439. The minimum absolute atomic E-state index is 0.0215. The predicted octanol–water partition coefficient (Wildman–Crippen LogP) is 4.64. The van der Waals surface area contributed by atoms with Crippen LogP contribution < -0.4 is 9.46 Å². The summed E-state index contributed by atoms with van der Waals surface area (Å²) in [7, 11) is -3.76. The molecular formula is C23H25ClN2O5S. The number of hydrogen-bond donors (Lipinski definition) is 3. The van der Waals surface area contributed by atoms with Crippen molar-refractivity contribution in [1.29, 1.82) is 0 Å². The number of halogens is 1. The fourth-order valence-electron chi connectivity index (χ4n) is 4.13. The molecule has 9 heteroatoms. The number of fused-ring (bicyclic) bond motifs is 1. The smallest absolute Gasteiger partial charge is 0.308 e. The second kappa shape index (κ2) is 9.52. The molecule has 0 amide bonds. The van der Waals surface area contributed by atoms with Gasteiger partial charge in [-0.1, -0.05) is 55.1 Å². The van der Waals surface area contributed by atoms with Crippen molar-refractivity contribution >= 4 is 38.5 Å². The predicted molar refractivity (Wildman–Crippen MR) is 123 cm³/mol. The van der Waals surface area contributed by atoms with Crippen LogP contribution in [-0.4, -0.2) is 30.5 Å². The first-order valence-electron chi connectivity index (χ1n) is 10.6. The lowest BCUT2D eigenvalue weighted by Gasteiger charge is -2.23. The third-order valence-electron chi connectivity index (χ3n) is 5.70. The molecule has 7 nitrogen and oxygen atoms in total. The van der Waals surface area contributed by atoms with Gasteiger partial charge >= 0.3 is 5.97 Å². The number of aromatic nitrogens is 1. The van der Waals surface area contributed by atoms with Gasteiger partial charge in [-0.3, -0.25) is 4.79 Å². The second-order valence-electron chi connectivity index (χ2n) is 8.06. The second-order valence-corrected chi connectivity index (χ2v) is 10.1. The van der Waals surface area contributed by atoms with Gasteiger partial charge in [0, 0.05) is 22.5 Å². The Morgan fingerprint density at radius 3 is 2.66 bits per heavy atom. The summed E-state index contributed by atoms with van der Waals surface area (Å²) in [6.07, 6.45) is 4.61. The topological polar surface area (TPSA) is 108 Å². The van der Waals surface area contributed by atoms with Crippen LogP contribution in [0.4, 0.5) is 0 Å². The van der Waals surface area contributed by atoms with Gasteiger partial charge in [0.15, 0.2) is 5.88 Å². The van der Waals surface area contributed by atoms with Crippen LogP contribution in [0.1, 0.15) is 43.2 Å². The molecule has 4 rings (SSSR count). The molecule has 0 atom stereocenters. The van der Waals surface area contributed by atoms with Crippen molar-refractivity contribution in [3.63, 3.8) is 0 Å². The third kappa shape index (κ3) is 5.09. The Hall–Kier alpha value is -2.55. The maximum absolute atomic E-state index is 12.9. The van der Waals surface area contributed by atoms with E-state index in [1.165, 1.54) is 6.07 Å². The lowest BCUT2D eigenvalue weighted by molar-refractivity contribution is -0.136. The zero-order valence-electron chi connectivity index (χ0n) is 17.4. The summed E-state index contributed by atoms with van der Waals surface area (Å²) in [6, 6.07) is 12.0. The van der Waals surface area contributed by atoms with Crippen LogP contribution in [0, 0.1) is 0 Å². The molecule has 1 heterocycles. The zero-order chi connectivity index (χ0) is 22.7. The number of carbonyl (C=O) groups is 1. The first-order chi connectivity index (χ1) is 15.3. The molecule has 3 aromatic rings. The van der Waals surface area contributed by atoms with Crippen LogP contribution in [0.3, 0.4) is 0 Å². The molecule has 0 saturated heterocycles. The highest BCUT2D eigenvalue weighted by atomic mass is 35.5. The zero-order valence-corrected chi connectivity index (χ0v) is 19.0. The van der Waals surface area contributed by atoms with Crippen molar-refractivity contribution in [2.75, 3.05) is 0 Å². The van der Waals surface area contributed by atoms with Gasteiger partial charge in [-0.25, -0.2) is 13.1 Å². The minimum atomic E-state index is -3.76. The van der Waals surface area contributed by atoms with Gasteiger partial charge in [0.05, 0.1) is 11.4 Å². The first-order valence-corrected chi connectivity index (χ1v) is 12.4. The molecule has 3 N–H and O–H groups in total. The highest BCUT2D eigenvalue weighted by molar-refractivity contribution is 7.89. The van der Waals surface area contributed by atoms with Crippen molar-refractivity contribution in [3.05, 3.63) is 58.6 Å². The van der Waals surface area contributed by atoms with Gasteiger partial charge in [0.1, 0.15) is 11.5 Å². The van der Waals surface area contributed by atoms with Crippen molar-refractivity contribution in [1.82, 2.24) is 9.71 Å². The van der Waals surface area contributed by atoms with Crippen molar-refractivity contribution in [2.24, 2.45) is 0 Å². The summed E-state index contributed by atoms with van der Waals surface area (Å²) >= 11 is 6.22. The number of aromatic amines is 1. The van der Waals surface area contributed by atoms with Gasteiger partial charge in [-0.15, -0.1) is 0 Å². The fraction of sp³-hybridized carbons (Fsp3) is 0.348. The lowest BCUT2D eigenvalue weighted by atomic mass is 9.96. The summed E-state index contributed by atoms with van der Waals surface area (Å²) < 4.78 is 34.5. The number of rotatable bonds is 8. The van der Waals surface area contributed by atoms with Crippen LogP contribution in [0.5, 0.6) is 5.88 Å². The molecule has 0 unspecified atom stereocenters. The van der Waals surface area contributed by atoms with E-state index in [0.717, 1.165) is 43.0 Å². The Labute approximate surface area is 191 Å². The highest BCUT2D eigenvalue weighted by Gasteiger charge is 2.24. The molecule has 1 fully saturated rings. The van der Waals surface area contributed by atoms with E-state index in [0.29, 0.717) is 17.0 Å². The summed E-state index contributed by atoms with van der Waals surface area (Å²) in [5, 5.41) is 10.2. The minimum Gasteiger partial charge on any atom is -0.481 e. The van der Waals surface area contributed by atoms with Crippen LogP contribution in [0.2, 0.25) is 5.02 Å². The van der Waals surface area contributed by atoms with Crippen molar-refractivity contribution in [2.45, 2.75) is 56.1 Å². The standard InChI is InChI=1S/C23H25ClN2O5S/c24-19-11-10-15(12-21(19)32(29,30)26-16-6-2-1-3-7-16)14-31-23-18(13-22(27)28)17-8-4-5-9-20(17)25-23/h4-5,8-12,16,25-26H,1-3,6-7,13-14H2,(H,27,28). The Morgan fingerprint density at radius 2 is 1.91 bits per heavy atom. The molecule has 2 aromatic carbocycles. The molecular weight excluding hydrogens is 452 g/mol. The molecule has 32 heavy (non-hydrogen) atoms. The molecule has 1 aliphatic carbocycles. The van der Waals surface area contributed by atoms with E-state index in [-0.39, 0.29) is 29.0 Å². The van der Waals surface area contributed by atoms with Gasteiger partial charge in [0.2, 0.25) is 10.0 Å². The normalized spacial score (nSPS) is 15.2. The van der Waals surface area contributed by atoms with E-state index in [4.69, 9.17) is 16.3 Å². The first kappa shape index (κ1) is 22.6. The van der Waals surface area contributed by atoms with Crippen LogP contribution in [-0.2, 0) is 27.8 Å². The number of sulfonamides is 1. The number of hydrogen-bond acceptors (Lipinski definition) is 4. The largest absolute Gasteiger partial charge is 0.481 e. The van der Waals surface area contributed by atoms with Gasteiger partial charge in [-0.2, -0.15) is 0 Å². The monoisotopic (exact) mass is 476 g/mol. The van der Waals surface area contributed by atoms with E-state index >= 15 is 0 Å². The molecule has 0 radical (unpaired) electrons. The molecule has 1 aromatic heterocycles. The fourth-order valence-corrected chi connectivity index (χ4v) is 5.98. The number of carboxylic acids is 1. The summed E-state index contributed by atoms with van der Waals surface area (Å²) in [4.78, 5) is 14.5. The lowest BCUT2D eigenvalue weighted by Crippen LogP contribution is -2.36. The summed E-state index contributed by atoms with van der Waals surface area (Å²) in [5.74, 6) is -0.610. The molecule has 0 bridgehead atoms. The highest BCUT2D eigenvalue weighted by Crippen LogP contribution is 2.30. The number of carboxylic acid groups (broad SMARTS) is 1. The van der Waals surface area contributed by atoms with E-state index < -0.39 is 16.0 Å². The maximum Gasteiger partial charge on any atom is 0.308 e. The van der Waals surface area contributed by atoms with E-state index in [1.807, 2.05) is 24.3 Å². The number of para-hydroxylation sites is 1. The van der Waals surface area contributed by atoms with Crippen molar-refractivity contribution in [3.8, 4) is 5.88 Å². The number of H-pyrrole nitrogens is 1. The molecule has 170 valence electrons. The number of ether oxygens (including phenoxy) is 1. The average Bonchev–Trinajstić information content (AvgIpc) is 3.10. The average molecular weight is 477 g/mol. The Bertz CT molecular complexity index is 1230. The van der Waals surface area contributed by atoms with Crippen LogP contribution in [0.25, 0.3) is 10.9 Å². The number of benzene rings is 2. The van der Waals surface area contributed by atoms with Gasteiger partial charge < -0.3 is 14.8 Å². The van der Waals surface area contributed by atoms with E-state index in [1.54, 1.807) is 12.1 Å². The summed E-state index contributed by atoms with van der Waals surface area (Å²) in [5.41, 5.74) is 1.93. The molecule has 0 spiro atoms. The third-order valence-corrected chi connectivity index (χ3v) is 7.70. The molecule has 1 saturated carbocycles. The SMILES string of the molecule is O=C(O)Cc1c(OCc2ccc(Cl)c(S(=O)(=O)NC3CCCCC3)c2)[nH]c2ccccc12. The van der Waals surface area contributed by atoms with Crippen LogP contribution >= 0.6 is 11.6 Å². The van der Waals surface area contributed by atoms with Gasteiger partial charge in [-0.05, 0) is 36.6 Å². The number of nitrogens with one attached hydrogen (secondary N) is 2. The van der Waals surface area contributed by atoms with E-state index in [9.17, 15) is 18.3 Å². The Kier molecular flexibility index (Phi) is 6.74. The Balaban J connectivity index is 1.55. The van der Waals surface area contributed by atoms with Crippen LogP contribution in [0.15, 0.2) is 47.4 Å². The van der Waals surface area contributed by atoms with Crippen molar-refractivity contribution < 1.29 is 23.1 Å². The van der Waals surface area contributed by atoms with E-state index in [2.05, 4.69) is 9.71 Å². The molecule has 1 aliphatic rings. The summed E-state index contributed by atoms with van der Waals surface area (Å²) in [6.45, 7) is 0.0581. The maximum atomic E-state index is 12.9. The Morgan fingerprint density at radius 1 is 1.16 bits per heavy atom.